The lowest BCUT2D eigenvalue weighted by Crippen LogP contribution is -2.43. The number of imidazole rings is 1. The summed E-state index contributed by atoms with van der Waals surface area (Å²) in [5.74, 6) is 0.720. The Labute approximate surface area is 104 Å². The van der Waals surface area contributed by atoms with Crippen LogP contribution in [0.3, 0.4) is 0 Å². The average molecular weight is 245 g/mol. The molecule has 6 nitrogen and oxygen atoms in total. The SMILES string of the molecule is N=C(N1CCOCC1)n1c(N)nc2ccccc21. The highest BCUT2D eigenvalue weighted by atomic mass is 16.5. The van der Waals surface area contributed by atoms with E-state index in [4.69, 9.17) is 15.9 Å². The largest absolute Gasteiger partial charge is 0.378 e. The van der Waals surface area contributed by atoms with Gasteiger partial charge < -0.3 is 15.4 Å². The molecule has 3 N–H and O–H groups in total. The molecule has 1 aromatic carbocycles. The van der Waals surface area contributed by atoms with Crippen molar-refractivity contribution in [3.63, 3.8) is 0 Å². The number of hydrogen-bond donors (Lipinski definition) is 2. The molecule has 94 valence electrons. The summed E-state index contributed by atoms with van der Waals surface area (Å²) < 4.78 is 6.97. The molecule has 6 heteroatoms. The second kappa shape index (κ2) is 4.30. The first kappa shape index (κ1) is 11.0. The fourth-order valence-corrected chi connectivity index (χ4v) is 2.18. The molecule has 2 heterocycles. The summed E-state index contributed by atoms with van der Waals surface area (Å²) >= 11 is 0. The maximum absolute atomic E-state index is 8.28. The quantitative estimate of drug-likeness (QED) is 0.530. The molecule has 0 unspecified atom stereocenters. The zero-order chi connectivity index (χ0) is 12.5. The van der Waals surface area contributed by atoms with E-state index >= 15 is 0 Å². The van der Waals surface area contributed by atoms with E-state index in [2.05, 4.69) is 4.98 Å². The topological polar surface area (TPSA) is 80.2 Å². The van der Waals surface area contributed by atoms with Crippen molar-refractivity contribution in [2.75, 3.05) is 32.0 Å². The average Bonchev–Trinajstić information content (AvgIpc) is 2.75. The number of ether oxygens (including phenoxy) is 1. The van der Waals surface area contributed by atoms with E-state index in [1.54, 1.807) is 4.57 Å². The summed E-state index contributed by atoms with van der Waals surface area (Å²) in [6, 6.07) is 7.66. The monoisotopic (exact) mass is 245 g/mol. The number of rotatable bonds is 0. The lowest BCUT2D eigenvalue weighted by atomic mass is 10.3. The molecule has 3 rings (SSSR count). The van der Waals surface area contributed by atoms with Crippen molar-refractivity contribution >= 4 is 22.9 Å². The van der Waals surface area contributed by atoms with Gasteiger partial charge in [-0.3, -0.25) is 5.41 Å². The van der Waals surface area contributed by atoms with E-state index in [1.165, 1.54) is 0 Å². The summed E-state index contributed by atoms with van der Waals surface area (Å²) in [4.78, 5) is 6.22. The molecule has 2 aromatic rings. The summed E-state index contributed by atoms with van der Waals surface area (Å²) in [5, 5.41) is 8.28. The van der Waals surface area contributed by atoms with Crippen molar-refractivity contribution in [1.82, 2.24) is 14.5 Å². The van der Waals surface area contributed by atoms with Crippen LogP contribution in [0.2, 0.25) is 0 Å². The third kappa shape index (κ3) is 1.70. The van der Waals surface area contributed by atoms with Crippen LogP contribution in [-0.4, -0.2) is 46.7 Å². The normalized spacial score (nSPS) is 16.1. The second-order valence-corrected chi connectivity index (χ2v) is 4.22. The first-order valence-corrected chi connectivity index (χ1v) is 5.92. The fourth-order valence-electron chi connectivity index (χ4n) is 2.18. The van der Waals surface area contributed by atoms with Gasteiger partial charge in [0.15, 0.2) is 0 Å². The molecule has 0 aliphatic carbocycles. The highest BCUT2D eigenvalue weighted by Gasteiger charge is 2.19. The number of morpholine rings is 1. The highest BCUT2D eigenvalue weighted by molar-refractivity contribution is 5.93. The number of aromatic nitrogens is 2. The van der Waals surface area contributed by atoms with E-state index in [9.17, 15) is 0 Å². The summed E-state index contributed by atoms with van der Waals surface area (Å²) in [7, 11) is 0. The highest BCUT2D eigenvalue weighted by Crippen LogP contribution is 2.18. The van der Waals surface area contributed by atoms with E-state index < -0.39 is 0 Å². The zero-order valence-corrected chi connectivity index (χ0v) is 9.97. The minimum Gasteiger partial charge on any atom is -0.378 e. The van der Waals surface area contributed by atoms with Gasteiger partial charge in [-0.25, -0.2) is 9.55 Å². The zero-order valence-electron chi connectivity index (χ0n) is 9.97. The summed E-state index contributed by atoms with van der Waals surface area (Å²) in [5.41, 5.74) is 7.59. The number of nitrogens with one attached hydrogen (secondary N) is 1. The number of nitrogen functional groups attached to an aromatic ring is 1. The lowest BCUT2D eigenvalue weighted by molar-refractivity contribution is 0.0665. The molecule has 1 aromatic heterocycles. The Morgan fingerprint density at radius 2 is 2.00 bits per heavy atom. The van der Waals surface area contributed by atoms with Gasteiger partial charge in [0.05, 0.1) is 24.2 Å². The molecule has 1 aliphatic heterocycles. The van der Waals surface area contributed by atoms with Gasteiger partial charge in [-0.1, -0.05) is 12.1 Å². The molecule has 0 atom stereocenters. The number of hydrogen-bond acceptors (Lipinski definition) is 4. The van der Waals surface area contributed by atoms with E-state index in [0.717, 1.165) is 11.0 Å². The molecule has 1 saturated heterocycles. The molecule has 0 spiro atoms. The van der Waals surface area contributed by atoms with Crippen LogP contribution in [0.1, 0.15) is 0 Å². The molecule has 0 amide bonds. The Bertz CT molecular complexity index is 585. The molecule has 0 bridgehead atoms. The van der Waals surface area contributed by atoms with Crippen molar-refractivity contribution in [1.29, 1.82) is 5.41 Å². The number of fused-ring (bicyclic) bond motifs is 1. The van der Waals surface area contributed by atoms with Gasteiger partial charge in [0, 0.05) is 13.1 Å². The molecule has 0 radical (unpaired) electrons. The minimum atomic E-state index is 0.354. The van der Waals surface area contributed by atoms with Gasteiger partial charge in [-0.05, 0) is 12.1 Å². The molecule has 18 heavy (non-hydrogen) atoms. The Balaban J connectivity index is 2.02. The van der Waals surface area contributed by atoms with E-state index in [1.807, 2.05) is 29.2 Å². The van der Waals surface area contributed by atoms with Gasteiger partial charge in [0.2, 0.25) is 11.9 Å². The molecule has 1 aliphatic rings. The standard InChI is InChI=1S/C12H15N5O/c13-11-15-9-3-1-2-4-10(9)17(11)12(14)16-5-7-18-8-6-16/h1-4,14H,5-8H2,(H2,13,15). The Kier molecular flexibility index (Phi) is 2.64. The number of para-hydroxylation sites is 2. The van der Waals surface area contributed by atoms with E-state index in [-0.39, 0.29) is 0 Å². The van der Waals surface area contributed by atoms with Crippen LogP contribution in [0.5, 0.6) is 0 Å². The number of anilines is 1. The van der Waals surface area contributed by atoms with Crippen molar-refractivity contribution in [2.45, 2.75) is 0 Å². The van der Waals surface area contributed by atoms with Gasteiger partial charge in [0.25, 0.3) is 0 Å². The molecular formula is C12H15N5O. The van der Waals surface area contributed by atoms with Crippen molar-refractivity contribution in [3.8, 4) is 0 Å². The predicted octanol–water partition coefficient (Wildman–Crippen LogP) is 0.734. The lowest BCUT2D eigenvalue weighted by Gasteiger charge is -2.29. The fraction of sp³-hybridized carbons (Fsp3) is 0.333. The van der Waals surface area contributed by atoms with Crippen molar-refractivity contribution < 1.29 is 4.74 Å². The number of benzene rings is 1. The smallest absolute Gasteiger partial charge is 0.208 e. The van der Waals surface area contributed by atoms with Crippen LogP contribution in [0.4, 0.5) is 5.95 Å². The van der Waals surface area contributed by atoms with Crippen LogP contribution in [0.15, 0.2) is 24.3 Å². The van der Waals surface area contributed by atoms with Crippen molar-refractivity contribution in [2.24, 2.45) is 0 Å². The van der Waals surface area contributed by atoms with Gasteiger partial charge in [0.1, 0.15) is 0 Å². The second-order valence-electron chi connectivity index (χ2n) is 4.22. The van der Waals surface area contributed by atoms with Crippen LogP contribution in [0.25, 0.3) is 11.0 Å². The minimum absolute atomic E-state index is 0.354. The third-order valence-electron chi connectivity index (χ3n) is 3.11. The van der Waals surface area contributed by atoms with Crippen molar-refractivity contribution in [3.05, 3.63) is 24.3 Å². The first-order valence-electron chi connectivity index (χ1n) is 5.92. The van der Waals surface area contributed by atoms with Gasteiger partial charge >= 0.3 is 0 Å². The maximum Gasteiger partial charge on any atom is 0.208 e. The van der Waals surface area contributed by atoms with Crippen LogP contribution < -0.4 is 5.73 Å². The van der Waals surface area contributed by atoms with Crippen LogP contribution >= 0.6 is 0 Å². The Morgan fingerprint density at radius 1 is 1.28 bits per heavy atom. The van der Waals surface area contributed by atoms with Gasteiger partial charge in [-0.15, -0.1) is 0 Å². The predicted molar refractivity (Wildman–Crippen MR) is 69.7 cm³/mol. The maximum atomic E-state index is 8.28. The Morgan fingerprint density at radius 3 is 2.78 bits per heavy atom. The van der Waals surface area contributed by atoms with E-state index in [0.29, 0.717) is 38.2 Å². The number of nitrogens with two attached hydrogens (primary N) is 1. The number of nitrogens with zero attached hydrogens (tertiary/aromatic N) is 3. The van der Waals surface area contributed by atoms with Gasteiger partial charge in [-0.2, -0.15) is 0 Å². The molecular weight excluding hydrogens is 230 g/mol. The summed E-state index contributed by atoms with van der Waals surface area (Å²) in [6.45, 7) is 2.72. The van der Waals surface area contributed by atoms with Crippen LogP contribution in [0, 0.1) is 5.41 Å². The molecule has 0 saturated carbocycles. The first-order chi connectivity index (χ1) is 8.77. The summed E-state index contributed by atoms with van der Waals surface area (Å²) in [6.07, 6.45) is 0. The molecule has 1 fully saturated rings. The Hall–Kier alpha value is -2.08. The third-order valence-corrected chi connectivity index (χ3v) is 3.11. The van der Waals surface area contributed by atoms with Crippen LogP contribution in [-0.2, 0) is 4.74 Å².